The number of ether oxygens (including phenoxy) is 2. The van der Waals surface area contributed by atoms with Crippen LogP contribution in [-0.4, -0.2) is 42.6 Å². The molecule has 2 heterocycles. The van der Waals surface area contributed by atoms with E-state index in [9.17, 15) is 18.4 Å². The number of alkyl halides is 1. The van der Waals surface area contributed by atoms with Crippen molar-refractivity contribution >= 4 is 17.2 Å². The number of amides is 1. The van der Waals surface area contributed by atoms with Crippen molar-refractivity contribution in [2.24, 2.45) is 0 Å². The molecule has 0 bridgehead atoms. The van der Waals surface area contributed by atoms with Gasteiger partial charge in [0.1, 0.15) is 24.1 Å². The molecule has 0 radical (unpaired) electrons. The van der Waals surface area contributed by atoms with Gasteiger partial charge in [-0.3, -0.25) is 4.79 Å². The molecule has 0 aliphatic heterocycles. The molecule has 1 aliphatic carbocycles. The van der Waals surface area contributed by atoms with Crippen LogP contribution < -0.4 is 10.9 Å². The minimum Gasteiger partial charge on any atom is -0.448 e. The van der Waals surface area contributed by atoms with Gasteiger partial charge < -0.3 is 24.2 Å². The summed E-state index contributed by atoms with van der Waals surface area (Å²) in [5.74, 6) is -2.03. The molecule has 0 unspecified atom stereocenters. The number of benzene rings is 2. The maximum atomic E-state index is 15.4. The van der Waals surface area contributed by atoms with Gasteiger partial charge >= 0.3 is 6.09 Å². The SMILES string of the molecule is COC[C@H](c1cc(F)c2oc(C3(COC(=O)NCc4ccccc4)CCC(F)CC3)nc2c1)c1cc(F)c[nH]c1=O. The van der Waals surface area contributed by atoms with E-state index in [1.807, 2.05) is 30.3 Å². The Morgan fingerprint density at radius 2 is 1.95 bits per heavy atom. The van der Waals surface area contributed by atoms with Crippen LogP contribution in [0.3, 0.4) is 0 Å². The number of nitrogens with one attached hydrogen (secondary N) is 2. The highest BCUT2D eigenvalue weighted by atomic mass is 19.1. The first-order valence-corrected chi connectivity index (χ1v) is 13.3. The van der Waals surface area contributed by atoms with E-state index in [2.05, 4.69) is 15.3 Å². The Morgan fingerprint density at radius 3 is 2.68 bits per heavy atom. The van der Waals surface area contributed by atoms with Gasteiger partial charge in [-0.15, -0.1) is 0 Å². The summed E-state index contributed by atoms with van der Waals surface area (Å²) < 4.78 is 60.2. The minimum atomic E-state index is -1.01. The lowest BCUT2D eigenvalue weighted by molar-refractivity contribution is 0.0691. The summed E-state index contributed by atoms with van der Waals surface area (Å²) in [4.78, 5) is 31.9. The first-order chi connectivity index (χ1) is 19.8. The zero-order valence-corrected chi connectivity index (χ0v) is 22.4. The fourth-order valence-electron chi connectivity index (χ4n) is 5.28. The molecule has 4 aromatic rings. The number of alkyl carbamates (subject to hydrolysis) is 1. The van der Waals surface area contributed by atoms with Gasteiger partial charge in [-0.2, -0.15) is 0 Å². The Bertz CT molecular complexity index is 1560. The number of H-pyrrole nitrogens is 1. The van der Waals surface area contributed by atoms with Crippen molar-refractivity contribution in [1.82, 2.24) is 15.3 Å². The molecule has 0 spiro atoms. The second-order valence-electron chi connectivity index (χ2n) is 10.4. The zero-order chi connectivity index (χ0) is 29.0. The molecule has 1 atom stereocenters. The number of fused-ring (bicyclic) bond motifs is 1. The van der Waals surface area contributed by atoms with Gasteiger partial charge in [0.25, 0.3) is 5.56 Å². The zero-order valence-electron chi connectivity index (χ0n) is 22.4. The predicted molar refractivity (Wildman–Crippen MR) is 144 cm³/mol. The standard InChI is InChI=1S/C30H30F3N3O5/c1-39-16-23(22-13-21(32)15-34-27(22)37)19-11-24(33)26-25(12-19)36-28(41-26)30(9-7-20(31)8-10-30)17-40-29(38)35-14-18-5-3-2-4-6-18/h2-6,11-13,15,20,23H,7-10,14,16-17H2,1H3,(H,34,37)(H,35,38)/t20?,23-,30?/m1/s1. The second-order valence-corrected chi connectivity index (χ2v) is 10.4. The Kier molecular flexibility index (Phi) is 8.44. The fourth-order valence-corrected chi connectivity index (χ4v) is 5.28. The normalized spacial score (nSPS) is 19.7. The number of hydrogen-bond acceptors (Lipinski definition) is 6. The Balaban J connectivity index is 1.43. The van der Waals surface area contributed by atoms with Crippen molar-refractivity contribution in [2.45, 2.75) is 49.7 Å². The molecule has 11 heteroatoms. The number of nitrogens with zero attached hydrogens (tertiary/aromatic N) is 1. The number of rotatable bonds is 9. The lowest BCUT2D eigenvalue weighted by Crippen LogP contribution is -2.39. The molecule has 5 rings (SSSR count). The van der Waals surface area contributed by atoms with Gasteiger partial charge in [-0.05, 0) is 55.0 Å². The van der Waals surface area contributed by atoms with E-state index >= 15 is 4.39 Å². The number of oxazole rings is 1. The van der Waals surface area contributed by atoms with Crippen LogP contribution in [0.5, 0.6) is 0 Å². The number of hydrogen-bond donors (Lipinski definition) is 2. The van der Waals surface area contributed by atoms with Crippen LogP contribution in [0.2, 0.25) is 0 Å². The van der Waals surface area contributed by atoms with Crippen molar-refractivity contribution in [3.63, 3.8) is 0 Å². The van der Waals surface area contributed by atoms with Crippen LogP contribution in [0.15, 0.2) is 63.9 Å². The molecule has 216 valence electrons. The summed E-state index contributed by atoms with van der Waals surface area (Å²) in [5, 5.41) is 2.69. The van der Waals surface area contributed by atoms with Gasteiger partial charge in [0.15, 0.2) is 11.4 Å². The van der Waals surface area contributed by atoms with Crippen LogP contribution >= 0.6 is 0 Å². The van der Waals surface area contributed by atoms with Crippen molar-refractivity contribution in [2.75, 3.05) is 20.3 Å². The first kappa shape index (κ1) is 28.4. The summed E-state index contributed by atoms with van der Waals surface area (Å²) in [5.41, 5.74) is -0.131. The number of methoxy groups -OCH3 is 1. The van der Waals surface area contributed by atoms with Gasteiger partial charge in [0, 0.05) is 31.3 Å². The molecule has 2 aromatic heterocycles. The molecule has 2 aromatic carbocycles. The number of carbonyl (C=O) groups excluding carboxylic acids is 1. The number of carbonyl (C=O) groups is 1. The molecule has 1 fully saturated rings. The molecule has 41 heavy (non-hydrogen) atoms. The van der Waals surface area contributed by atoms with Gasteiger partial charge in [-0.1, -0.05) is 30.3 Å². The summed E-state index contributed by atoms with van der Waals surface area (Å²) >= 11 is 0. The second kappa shape index (κ2) is 12.2. The van der Waals surface area contributed by atoms with E-state index in [1.165, 1.54) is 13.2 Å². The van der Waals surface area contributed by atoms with Crippen molar-refractivity contribution in [3.8, 4) is 0 Å². The van der Waals surface area contributed by atoms with Crippen LogP contribution in [0.25, 0.3) is 11.1 Å². The smallest absolute Gasteiger partial charge is 0.407 e. The molecule has 0 saturated heterocycles. The van der Waals surface area contributed by atoms with Gasteiger partial charge in [-0.25, -0.2) is 22.9 Å². The molecule has 1 amide bonds. The summed E-state index contributed by atoms with van der Waals surface area (Å²) in [6.45, 7) is 0.120. The Labute approximate surface area is 233 Å². The van der Waals surface area contributed by atoms with E-state index in [1.54, 1.807) is 6.07 Å². The van der Waals surface area contributed by atoms with Crippen molar-refractivity contribution < 1.29 is 31.9 Å². The average Bonchev–Trinajstić information content (AvgIpc) is 3.42. The van der Waals surface area contributed by atoms with Crippen LogP contribution in [0, 0.1) is 11.6 Å². The number of aromatic nitrogens is 2. The molecule has 2 N–H and O–H groups in total. The number of halogens is 3. The molecular formula is C30H30F3N3O5. The maximum Gasteiger partial charge on any atom is 0.407 e. The Morgan fingerprint density at radius 1 is 1.20 bits per heavy atom. The van der Waals surface area contributed by atoms with E-state index < -0.39 is 40.8 Å². The molecule has 1 aliphatic rings. The van der Waals surface area contributed by atoms with E-state index in [0.29, 0.717) is 5.56 Å². The van der Waals surface area contributed by atoms with Gasteiger partial charge in [0.05, 0.1) is 12.0 Å². The molecular weight excluding hydrogens is 539 g/mol. The first-order valence-electron chi connectivity index (χ1n) is 13.3. The van der Waals surface area contributed by atoms with Gasteiger partial charge in [0.2, 0.25) is 5.89 Å². The third-order valence-corrected chi connectivity index (χ3v) is 7.56. The third-order valence-electron chi connectivity index (χ3n) is 7.56. The predicted octanol–water partition coefficient (Wildman–Crippen LogP) is 5.65. The largest absolute Gasteiger partial charge is 0.448 e. The third kappa shape index (κ3) is 6.30. The van der Waals surface area contributed by atoms with Crippen molar-refractivity contribution in [1.29, 1.82) is 0 Å². The summed E-state index contributed by atoms with van der Waals surface area (Å²) in [7, 11) is 1.42. The number of pyridine rings is 1. The van der Waals surface area contributed by atoms with E-state index in [-0.39, 0.29) is 68.0 Å². The van der Waals surface area contributed by atoms with Crippen LogP contribution in [0.1, 0.15) is 54.2 Å². The monoisotopic (exact) mass is 569 g/mol. The van der Waals surface area contributed by atoms with E-state index in [4.69, 9.17) is 13.9 Å². The quantitative estimate of drug-likeness (QED) is 0.270. The lowest BCUT2D eigenvalue weighted by Gasteiger charge is -2.34. The maximum absolute atomic E-state index is 15.4. The summed E-state index contributed by atoms with van der Waals surface area (Å²) in [6, 6.07) is 13.2. The lowest BCUT2D eigenvalue weighted by atomic mass is 9.74. The fraction of sp³-hybridized carbons (Fsp3) is 0.367. The number of aromatic amines is 1. The Hall–Kier alpha value is -4.12. The van der Waals surface area contributed by atoms with Crippen molar-refractivity contribution in [3.05, 3.63) is 99.3 Å². The van der Waals surface area contributed by atoms with Crippen LogP contribution in [0.4, 0.5) is 18.0 Å². The highest BCUT2D eigenvalue weighted by Crippen LogP contribution is 2.42. The minimum absolute atomic E-state index is 0.0179. The van der Waals surface area contributed by atoms with E-state index in [0.717, 1.165) is 17.8 Å². The topological polar surface area (TPSA) is 106 Å². The average molecular weight is 570 g/mol. The highest BCUT2D eigenvalue weighted by molar-refractivity contribution is 5.75. The summed E-state index contributed by atoms with van der Waals surface area (Å²) in [6.07, 6.45) is 0.266. The molecule has 1 saturated carbocycles. The highest BCUT2D eigenvalue weighted by Gasteiger charge is 2.43. The molecule has 8 nitrogen and oxygen atoms in total. The van der Waals surface area contributed by atoms with Crippen LogP contribution in [-0.2, 0) is 21.4 Å².